The first-order chi connectivity index (χ1) is 14.8. The van der Waals surface area contributed by atoms with Crippen molar-refractivity contribution in [2.45, 2.75) is 40.0 Å². The largest absolute Gasteiger partial charge is 0.326 e. The summed E-state index contributed by atoms with van der Waals surface area (Å²) in [5.74, 6) is 0.0345. The lowest BCUT2D eigenvalue weighted by Crippen LogP contribution is -2.23. The topological polar surface area (TPSA) is 67.2 Å². The van der Waals surface area contributed by atoms with E-state index in [0.29, 0.717) is 17.1 Å². The van der Waals surface area contributed by atoms with Gasteiger partial charge in [0.15, 0.2) is 0 Å². The Morgan fingerprint density at radius 2 is 1.81 bits per heavy atom. The third-order valence-electron chi connectivity index (χ3n) is 5.71. The Hall–Kier alpha value is -3.12. The van der Waals surface area contributed by atoms with Crippen LogP contribution in [0.3, 0.4) is 0 Å². The molecule has 0 atom stereocenters. The number of carbonyl (C=O) groups is 2. The highest BCUT2D eigenvalue weighted by atomic mass is 35.5. The van der Waals surface area contributed by atoms with Gasteiger partial charge in [0.25, 0.3) is 0 Å². The molecule has 2 aromatic carbocycles. The number of benzene rings is 2. The predicted octanol–water partition coefficient (Wildman–Crippen LogP) is 4.76. The van der Waals surface area contributed by atoms with E-state index in [0.717, 1.165) is 46.9 Å². The SMILES string of the molecule is Cc1ccc(-n2nc(C)c(CC(=O)Nc3ccc(N4CCCC4=O)cc3)c2C)cc1Cl. The van der Waals surface area contributed by atoms with Gasteiger partial charge in [-0.1, -0.05) is 17.7 Å². The second kappa shape index (κ2) is 8.55. The van der Waals surface area contributed by atoms with Crippen molar-refractivity contribution >= 4 is 34.8 Å². The number of nitrogens with zero attached hydrogens (tertiary/aromatic N) is 3. The van der Waals surface area contributed by atoms with Gasteiger partial charge in [-0.15, -0.1) is 0 Å². The number of hydrogen-bond donors (Lipinski definition) is 1. The molecule has 0 saturated carbocycles. The van der Waals surface area contributed by atoms with Crippen LogP contribution in [-0.2, 0) is 16.0 Å². The summed E-state index contributed by atoms with van der Waals surface area (Å²) < 4.78 is 1.82. The first-order valence-electron chi connectivity index (χ1n) is 10.4. The first-order valence-corrected chi connectivity index (χ1v) is 10.7. The van der Waals surface area contributed by atoms with E-state index >= 15 is 0 Å². The van der Waals surface area contributed by atoms with Crippen LogP contribution in [-0.4, -0.2) is 28.1 Å². The van der Waals surface area contributed by atoms with Gasteiger partial charge in [-0.2, -0.15) is 5.10 Å². The van der Waals surface area contributed by atoms with Crippen LogP contribution in [0.4, 0.5) is 11.4 Å². The zero-order valence-corrected chi connectivity index (χ0v) is 18.7. The number of rotatable bonds is 5. The molecule has 0 aliphatic carbocycles. The molecule has 0 radical (unpaired) electrons. The average Bonchev–Trinajstić information content (AvgIpc) is 3.29. The van der Waals surface area contributed by atoms with E-state index < -0.39 is 0 Å². The highest BCUT2D eigenvalue weighted by Gasteiger charge is 2.21. The van der Waals surface area contributed by atoms with Crippen LogP contribution in [0.5, 0.6) is 0 Å². The average molecular weight is 437 g/mol. The molecule has 0 bridgehead atoms. The maximum atomic E-state index is 12.7. The molecular weight excluding hydrogens is 412 g/mol. The molecule has 3 aromatic rings. The van der Waals surface area contributed by atoms with Crippen LogP contribution in [0.25, 0.3) is 5.69 Å². The Morgan fingerprint density at radius 3 is 2.45 bits per heavy atom. The molecule has 1 saturated heterocycles. The van der Waals surface area contributed by atoms with Gasteiger partial charge in [-0.3, -0.25) is 9.59 Å². The van der Waals surface area contributed by atoms with E-state index in [1.165, 1.54) is 0 Å². The van der Waals surface area contributed by atoms with Crippen molar-refractivity contribution < 1.29 is 9.59 Å². The van der Waals surface area contributed by atoms with Crippen LogP contribution in [0.2, 0.25) is 5.02 Å². The van der Waals surface area contributed by atoms with Gasteiger partial charge in [-0.05, 0) is 69.2 Å². The van der Waals surface area contributed by atoms with Crippen LogP contribution < -0.4 is 10.2 Å². The fraction of sp³-hybridized carbons (Fsp3) is 0.292. The summed E-state index contributed by atoms with van der Waals surface area (Å²) in [6.45, 7) is 6.57. The van der Waals surface area contributed by atoms with Gasteiger partial charge < -0.3 is 10.2 Å². The van der Waals surface area contributed by atoms with E-state index in [-0.39, 0.29) is 18.2 Å². The van der Waals surface area contributed by atoms with Crippen LogP contribution in [0.15, 0.2) is 42.5 Å². The van der Waals surface area contributed by atoms with Crippen molar-refractivity contribution in [2.24, 2.45) is 0 Å². The van der Waals surface area contributed by atoms with E-state index in [2.05, 4.69) is 10.4 Å². The summed E-state index contributed by atoms with van der Waals surface area (Å²) >= 11 is 6.27. The molecule has 1 N–H and O–H groups in total. The highest BCUT2D eigenvalue weighted by Crippen LogP contribution is 2.25. The smallest absolute Gasteiger partial charge is 0.228 e. The van der Waals surface area contributed by atoms with Crippen LogP contribution in [0.1, 0.15) is 35.4 Å². The van der Waals surface area contributed by atoms with Crippen LogP contribution >= 0.6 is 11.6 Å². The molecule has 1 aliphatic heterocycles. The second-order valence-electron chi connectivity index (χ2n) is 7.92. The minimum absolute atomic E-state index is 0.113. The van der Waals surface area contributed by atoms with Gasteiger partial charge in [0, 0.05) is 40.6 Å². The Labute approximate surface area is 186 Å². The zero-order valence-electron chi connectivity index (χ0n) is 17.9. The van der Waals surface area contributed by atoms with E-state index in [1.54, 1.807) is 4.90 Å². The van der Waals surface area contributed by atoms with Crippen molar-refractivity contribution in [3.05, 3.63) is 70.0 Å². The van der Waals surface area contributed by atoms with Gasteiger partial charge in [-0.25, -0.2) is 4.68 Å². The monoisotopic (exact) mass is 436 g/mol. The quantitative estimate of drug-likeness (QED) is 0.627. The fourth-order valence-electron chi connectivity index (χ4n) is 3.91. The minimum atomic E-state index is -0.113. The number of amides is 2. The Balaban J connectivity index is 1.47. The number of hydrogen-bond acceptors (Lipinski definition) is 3. The normalized spacial score (nSPS) is 13.7. The summed E-state index contributed by atoms with van der Waals surface area (Å²) in [4.78, 5) is 26.4. The first kappa shape index (κ1) is 21.1. The van der Waals surface area contributed by atoms with E-state index in [9.17, 15) is 9.59 Å². The summed E-state index contributed by atoms with van der Waals surface area (Å²) in [6.07, 6.45) is 1.71. The van der Waals surface area contributed by atoms with Crippen molar-refractivity contribution in [1.82, 2.24) is 9.78 Å². The molecule has 6 nitrogen and oxygen atoms in total. The molecule has 31 heavy (non-hydrogen) atoms. The van der Waals surface area contributed by atoms with Crippen molar-refractivity contribution in [3.8, 4) is 5.69 Å². The standard InChI is InChI=1S/C24H25ClN4O2/c1-15-6-9-20(13-22(15)25)29-17(3)21(16(2)27-29)14-23(30)26-18-7-10-19(11-8-18)28-12-4-5-24(28)31/h6-11,13H,4-5,12,14H2,1-3H3,(H,26,30). The number of halogens is 1. The van der Waals surface area contributed by atoms with Gasteiger partial charge in [0.2, 0.25) is 11.8 Å². The predicted molar refractivity (Wildman–Crippen MR) is 123 cm³/mol. The lowest BCUT2D eigenvalue weighted by Gasteiger charge is -2.16. The Bertz CT molecular complexity index is 1150. The maximum Gasteiger partial charge on any atom is 0.228 e. The van der Waals surface area contributed by atoms with E-state index in [4.69, 9.17) is 11.6 Å². The third-order valence-corrected chi connectivity index (χ3v) is 6.12. The molecule has 2 amide bonds. The minimum Gasteiger partial charge on any atom is -0.326 e. The number of aryl methyl sites for hydroxylation is 2. The molecule has 0 unspecified atom stereocenters. The summed E-state index contributed by atoms with van der Waals surface area (Å²) in [7, 11) is 0. The molecule has 0 spiro atoms. The zero-order chi connectivity index (χ0) is 22.1. The molecule has 2 heterocycles. The molecule has 160 valence electrons. The van der Waals surface area contributed by atoms with Gasteiger partial charge >= 0.3 is 0 Å². The molecule has 1 fully saturated rings. The molecular formula is C24H25ClN4O2. The maximum absolute atomic E-state index is 12.7. The summed E-state index contributed by atoms with van der Waals surface area (Å²) in [5.41, 5.74) is 6.07. The summed E-state index contributed by atoms with van der Waals surface area (Å²) in [5, 5.41) is 8.24. The van der Waals surface area contributed by atoms with Crippen molar-refractivity contribution in [1.29, 1.82) is 0 Å². The lowest BCUT2D eigenvalue weighted by atomic mass is 10.1. The van der Waals surface area contributed by atoms with Crippen molar-refractivity contribution in [3.63, 3.8) is 0 Å². The number of carbonyl (C=O) groups excluding carboxylic acids is 2. The van der Waals surface area contributed by atoms with Gasteiger partial charge in [0.1, 0.15) is 0 Å². The van der Waals surface area contributed by atoms with Crippen LogP contribution in [0, 0.1) is 20.8 Å². The van der Waals surface area contributed by atoms with E-state index in [1.807, 2.05) is 67.9 Å². The number of aromatic nitrogens is 2. The molecule has 7 heteroatoms. The highest BCUT2D eigenvalue weighted by molar-refractivity contribution is 6.31. The Morgan fingerprint density at radius 1 is 1.10 bits per heavy atom. The second-order valence-corrected chi connectivity index (χ2v) is 8.32. The third kappa shape index (κ3) is 4.35. The lowest BCUT2D eigenvalue weighted by molar-refractivity contribution is -0.117. The molecule has 1 aliphatic rings. The molecule has 1 aromatic heterocycles. The number of nitrogens with one attached hydrogen (secondary N) is 1. The van der Waals surface area contributed by atoms with Crippen molar-refractivity contribution in [2.75, 3.05) is 16.8 Å². The van der Waals surface area contributed by atoms with Gasteiger partial charge in [0.05, 0.1) is 17.8 Å². The Kier molecular flexibility index (Phi) is 5.83. The fourth-order valence-corrected chi connectivity index (χ4v) is 4.08. The summed E-state index contributed by atoms with van der Waals surface area (Å²) in [6, 6.07) is 13.2. The molecule has 4 rings (SSSR count). The number of anilines is 2.